The Bertz CT molecular complexity index is 1490. The van der Waals surface area contributed by atoms with Crippen LogP contribution in [0.25, 0.3) is 11.0 Å². The molecule has 1 aliphatic rings. The molecule has 0 radical (unpaired) electrons. The molecule has 0 saturated carbocycles. The molecule has 2 aromatic heterocycles. The van der Waals surface area contributed by atoms with Crippen molar-refractivity contribution in [3.63, 3.8) is 0 Å². The number of aromatic amines is 1. The van der Waals surface area contributed by atoms with E-state index in [0.29, 0.717) is 18.8 Å². The Kier molecular flexibility index (Phi) is 7.33. The molecule has 1 aliphatic heterocycles. The fourth-order valence-corrected chi connectivity index (χ4v) is 4.39. The summed E-state index contributed by atoms with van der Waals surface area (Å²) in [4.78, 5) is 34.6. The molecule has 0 aliphatic carbocycles. The number of hydrogen-bond donors (Lipinski definition) is 4. The van der Waals surface area contributed by atoms with Crippen LogP contribution in [-0.4, -0.2) is 76.7 Å². The normalized spacial score (nSPS) is 13.8. The first-order valence-corrected chi connectivity index (χ1v) is 13.2. The van der Waals surface area contributed by atoms with Gasteiger partial charge in [0, 0.05) is 62.9 Å². The predicted molar refractivity (Wildman–Crippen MR) is 157 cm³/mol. The third-order valence-electron chi connectivity index (χ3n) is 6.44. The zero-order valence-corrected chi connectivity index (χ0v) is 23.4. The molecule has 0 atom stereocenters. The van der Waals surface area contributed by atoms with Gasteiger partial charge in [-0.3, -0.25) is 0 Å². The van der Waals surface area contributed by atoms with Crippen molar-refractivity contribution < 1.29 is 9.18 Å². The lowest BCUT2D eigenvalue weighted by atomic mass is 10.1. The molecule has 1 fully saturated rings. The maximum atomic E-state index is 14.6. The van der Waals surface area contributed by atoms with E-state index in [4.69, 9.17) is 0 Å². The third-order valence-corrected chi connectivity index (χ3v) is 6.44. The average Bonchev–Trinajstić information content (AvgIpc) is 3.34. The number of piperazine rings is 1. The standard InChI is InChI=1S/C28H35FN10O/c1-28(2,3)36-27(40)39-14-12-38(13-15-39)20-9-6-18(7-10-20)31-24-21(29)17-30-25(35-24)32-19-8-11-22-23(16-19)34-26(33-22)37(4)5/h6-11,16-17H,12-15H2,1-5H3,(H,33,34)(H,36,40)(H2,30,31,32,35). The summed E-state index contributed by atoms with van der Waals surface area (Å²) in [5.41, 5.74) is 3.93. The summed E-state index contributed by atoms with van der Waals surface area (Å²) < 4.78 is 14.6. The monoisotopic (exact) mass is 546 g/mol. The molecule has 5 rings (SSSR count). The first-order chi connectivity index (χ1) is 19.0. The molecule has 12 heteroatoms. The molecule has 3 heterocycles. The van der Waals surface area contributed by atoms with E-state index in [0.717, 1.165) is 47.6 Å². The highest BCUT2D eigenvalue weighted by Crippen LogP contribution is 2.25. The van der Waals surface area contributed by atoms with Gasteiger partial charge in [-0.2, -0.15) is 4.98 Å². The Morgan fingerprint density at radius 3 is 2.35 bits per heavy atom. The summed E-state index contributed by atoms with van der Waals surface area (Å²) in [5.74, 6) is 0.536. The minimum atomic E-state index is -0.557. The highest BCUT2D eigenvalue weighted by atomic mass is 19.1. The van der Waals surface area contributed by atoms with Gasteiger partial charge in [-0.05, 0) is 63.2 Å². The lowest BCUT2D eigenvalue weighted by Crippen LogP contribution is -2.55. The molecule has 4 N–H and O–H groups in total. The molecule has 0 unspecified atom stereocenters. The van der Waals surface area contributed by atoms with Gasteiger partial charge >= 0.3 is 6.03 Å². The Balaban J connectivity index is 1.21. The van der Waals surface area contributed by atoms with Crippen LogP contribution in [0.3, 0.4) is 0 Å². The van der Waals surface area contributed by atoms with Crippen LogP contribution < -0.4 is 25.8 Å². The predicted octanol–water partition coefficient (Wildman–Crippen LogP) is 4.68. The number of nitrogens with zero attached hydrogens (tertiary/aromatic N) is 6. The van der Waals surface area contributed by atoms with Gasteiger partial charge in [0.2, 0.25) is 11.9 Å². The van der Waals surface area contributed by atoms with Crippen LogP contribution in [0.4, 0.5) is 44.0 Å². The van der Waals surface area contributed by atoms with Gasteiger partial charge in [-0.1, -0.05) is 0 Å². The number of hydrogen-bond acceptors (Lipinski definition) is 8. The van der Waals surface area contributed by atoms with Crippen molar-refractivity contribution >= 4 is 51.8 Å². The summed E-state index contributed by atoms with van der Waals surface area (Å²) in [7, 11) is 3.84. The van der Waals surface area contributed by atoms with E-state index >= 15 is 0 Å². The summed E-state index contributed by atoms with van der Waals surface area (Å²) in [6.07, 6.45) is 1.14. The largest absolute Gasteiger partial charge is 0.368 e. The highest BCUT2D eigenvalue weighted by molar-refractivity contribution is 5.82. The van der Waals surface area contributed by atoms with E-state index < -0.39 is 5.82 Å². The van der Waals surface area contributed by atoms with E-state index in [1.54, 1.807) is 0 Å². The number of nitrogens with one attached hydrogen (secondary N) is 4. The molecule has 11 nitrogen and oxygen atoms in total. The Labute approximate surface area is 232 Å². The number of anilines is 6. The third kappa shape index (κ3) is 6.33. The number of halogens is 1. The number of fused-ring (bicyclic) bond motifs is 1. The SMILES string of the molecule is CN(C)c1nc2ccc(Nc3ncc(F)c(Nc4ccc(N5CCN(C(=O)NC(C)(C)C)CC5)cc4)n3)cc2[nH]1. The van der Waals surface area contributed by atoms with Crippen LogP contribution in [0.1, 0.15) is 20.8 Å². The van der Waals surface area contributed by atoms with Crippen molar-refractivity contribution in [2.75, 3.05) is 60.7 Å². The molecule has 2 amide bonds. The lowest BCUT2D eigenvalue weighted by molar-refractivity contribution is 0.185. The van der Waals surface area contributed by atoms with Crippen molar-refractivity contribution in [1.82, 2.24) is 30.2 Å². The Morgan fingerprint density at radius 2 is 1.68 bits per heavy atom. The number of amides is 2. The van der Waals surface area contributed by atoms with Gasteiger partial charge in [0.15, 0.2) is 11.6 Å². The van der Waals surface area contributed by atoms with Gasteiger partial charge in [0.25, 0.3) is 0 Å². The molecule has 210 valence electrons. The average molecular weight is 547 g/mol. The molecule has 1 saturated heterocycles. The van der Waals surface area contributed by atoms with Gasteiger partial charge in [0.1, 0.15) is 0 Å². The van der Waals surface area contributed by atoms with Crippen LogP contribution in [-0.2, 0) is 0 Å². The van der Waals surface area contributed by atoms with Crippen molar-refractivity contribution in [2.45, 2.75) is 26.3 Å². The maximum Gasteiger partial charge on any atom is 0.317 e. The topological polar surface area (TPSA) is 117 Å². The van der Waals surface area contributed by atoms with E-state index in [-0.39, 0.29) is 23.3 Å². The molecule has 0 spiro atoms. The second-order valence-corrected chi connectivity index (χ2v) is 11.0. The van der Waals surface area contributed by atoms with E-state index in [9.17, 15) is 9.18 Å². The quantitative estimate of drug-likeness (QED) is 0.276. The van der Waals surface area contributed by atoms with Gasteiger partial charge < -0.3 is 35.6 Å². The number of benzene rings is 2. The van der Waals surface area contributed by atoms with Crippen molar-refractivity contribution in [2.24, 2.45) is 0 Å². The lowest BCUT2D eigenvalue weighted by Gasteiger charge is -2.37. The second-order valence-electron chi connectivity index (χ2n) is 11.0. The van der Waals surface area contributed by atoms with Crippen LogP contribution in [0.2, 0.25) is 0 Å². The molecule has 2 aromatic carbocycles. The van der Waals surface area contributed by atoms with Crippen LogP contribution in [0, 0.1) is 5.82 Å². The summed E-state index contributed by atoms with van der Waals surface area (Å²) in [6, 6.07) is 13.4. The smallest absolute Gasteiger partial charge is 0.317 e. The van der Waals surface area contributed by atoms with Crippen LogP contribution in [0.5, 0.6) is 0 Å². The molecular weight excluding hydrogens is 511 g/mol. The number of rotatable bonds is 6. The van der Waals surface area contributed by atoms with Gasteiger partial charge in [0.05, 0.1) is 17.2 Å². The minimum absolute atomic E-state index is 0.0345. The van der Waals surface area contributed by atoms with Gasteiger partial charge in [-0.25, -0.2) is 19.2 Å². The first kappa shape index (κ1) is 27.0. The maximum absolute atomic E-state index is 14.6. The number of urea groups is 1. The molecular formula is C28H35FN10O. The van der Waals surface area contributed by atoms with Crippen LogP contribution in [0.15, 0.2) is 48.7 Å². The number of imidazole rings is 1. The summed E-state index contributed by atoms with van der Waals surface area (Å²) in [6.45, 7) is 8.70. The first-order valence-electron chi connectivity index (χ1n) is 13.2. The molecule has 4 aromatic rings. The number of carbonyl (C=O) groups excluding carboxylic acids is 1. The molecule has 0 bridgehead atoms. The zero-order valence-electron chi connectivity index (χ0n) is 23.4. The van der Waals surface area contributed by atoms with E-state index in [1.807, 2.05) is 87.1 Å². The summed E-state index contributed by atoms with van der Waals surface area (Å²) >= 11 is 0. The minimum Gasteiger partial charge on any atom is -0.368 e. The van der Waals surface area contributed by atoms with Crippen LogP contribution >= 0.6 is 0 Å². The van der Waals surface area contributed by atoms with Gasteiger partial charge in [-0.15, -0.1) is 0 Å². The highest BCUT2D eigenvalue weighted by Gasteiger charge is 2.24. The van der Waals surface area contributed by atoms with Crippen molar-refractivity contribution in [3.05, 3.63) is 54.5 Å². The number of H-pyrrole nitrogens is 1. The number of carbonyl (C=O) groups is 1. The summed E-state index contributed by atoms with van der Waals surface area (Å²) in [5, 5.41) is 9.20. The number of aromatic nitrogens is 4. The van der Waals surface area contributed by atoms with E-state index in [1.165, 1.54) is 0 Å². The Morgan fingerprint density at radius 1 is 0.975 bits per heavy atom. The fourth-order valence-electron chi connectivity index (χ4n) is 4.39. The van der Waals surface area contributed by atoms with Crippen molar-refractivity contribution in [3.8, 4) is 0 Å². The molecule has 40 heavy (non-hydrogen) atoms. The zero-order chi connectivity index (χ0) is 28.4. The van der Waals surface area contributed by atoms with Crippen molar-refractivity contribution in [1.29, 1.82) is 0 Å². The second kappa shape index (κ2) is 10.9. The van der Waals surface area contributed by atoms with E-state index in [2.05, 4.69) is 40.8 Å². The Hall–Kier alpha value is -4.61. The fraction of sp³-hybridized carbons (Fsp3) is 0.357.